The van der Waals surface area contributed by atoms with Gasteiger partial charge < -0.3 is 15.2 Å². The van der Waals surface area contributed by atoms with Crippen LogP contribution in [0.4, 0.5) is 10.5 Å². The number of H-pyrrole nitrogens is 1. The van der Waals surface area contributed by atoms with E-state index in [1.54, 1.807) is 23.5 Å². The van der Waals surface area contributed by atoms with Crippen molar-refractivity contribution in [3.63, 3.8) is 0 Å². The first-order valence-corrected chi connectivity index (χ1v) is 14.7. The third-order valence-electron chi connectivity index (χ3n) is 7.56. The minimum atomic E-state index is -2.96. The van der Waals surface area contributed by atoms with Crippen molar-refractivity contribution in [2.24, 2.45) is 0 Å². The molecule has 3 aromatic heterocycles. The van der Waals surface area contributed by atoms with Crippen LogP contribution in [0.3, 0.4) is 0 Å². The topological polar surface area (TPSA) is 111 Å². The van der Waals surface area contributed by atoms with E-state index in [-0.39, 0.29) is 11.3 Å². The third-order valence-corrected chi connectivity index (χ3v) is 9.24. The molecule has 38 heavy (non-hydrogen) atoms. The molecule has 10 heteroatoms. The van der Waals surface area contributed by atoms with Crippen LogP contribution < -0.4 is 5.32 Å². The maximum atomic E-state index is 12.7. The zero-order valence-corrected chi connectivity index (χ0v) is 22.0. The van der Waals surface area contributed by atoms with Crippen molar-refractivity contribution in [3.8, 4) is 11.3 Å². The number of amides is 2. The summed E-state index contributed by atoms with van der Waals surface area (Å²) in [5.41, 5.74) is 6.77. The molecule has 196 valence electrons. The predicted octanol–water partition coefficient (Wildman–Crippen LogP) is 4.18. The maximum Gasteiger partial charge on any atom is 0.322 e. The molecule has 0 radical (unpaired) electrons. The van der Waals surface area contributed by atoms with Crippen molar-refractivity contribution >= 4 is 32.6 Å². The average Bonchev–Trinajstić information content (AvgIpc) is 3.35. The molecule has 2 aliphatic rings. The Bertz CT molecular complexity index is 1580. The third kappa shape index (κ3) is 5.01. The van der Waals surface area contributed by atoms with Gasteiger partial charge in [0.05, 0.1) is 23.7 Å². The number of hydrogen-bond acceptors (Lipinski definition) is 6. The number of fused-ring (bicyclic) bond motifs is 3. The number of likely N-dealkylation sites (tertiary alicyclic amines) is 1. The number of aromatic amines is 1. The van der Waals surface area contributed by atoms with Crippen LogP contribution in [0.5, 0.6) is 0 Å². The number of urea groups is 1. The number of pyridine rings is 2. The van der Waals surface area contributed by atoms with Crippen LogP contribution in [0.25, 0.3) is 22.3 Å². The highest BCUT2D eigenvalue weighted by molar-refractivity contribution is 7.91. The van der Waals surface area contributed by atoms with E-state index in [1.807, 2.05) is 12.1 Å². The molecule has 1 saturated heterocycles. The van der Waals surface area contributed by atoms with Crippen LogP contribution in [0.2, 0.25) is 0 Å². The van der Waals surface area contributed by atoms with E-state index < -0.39 is 9.84 Å². The molecule has 0 bridgehead atoms. The zero-order valence-electron chi connectivity index (χ0n) is 21.2. The van der Waals surface area contributed by atoms with E-state index in [2.05, 4.69) is 55.5 Å². The molecule has 0 unspecified atom stereocenters. The molecular formula is C28H30N6O3S. The van der Waals surface area contributed by atoms with Crippen LogP contribution in [0.15, 0.2) is 61.1 Å². The van der Waals surface area contributed by atoms with Crippen molar-refractivity contribution in [3.05, 3.63) is 77.7 Å². The van der Waals surface area contributed by atoms with Crippen molar-refractivity contribution in [2.75, 3.05) is 24.7 Å². The Kier molecular flexibility index (Phi) is 6.37. The monoisotopic (exact) mass is 530 g/mol. The number of nitrogens with zero attached hydrogens (tertiary/aromatic N) is 4. The maximum absolute atomic E-state index is 12.7. The van der Waals surface area contributed by atoms with Gasteiger partial charge in [0.2, 0.25) is 0 Å². The Morgan fingerprint density at radius 1 is 1.03 bits per heavy atom. The van der Waals surface area contributed by atoms with E-state index in [4.69, 9.17) is 0 Å². The summed E-state index contributed by atoms with van der Waals surface area (Å²) in [6, 6.07) is 14.3. The highest BCUT2D eigenvalue weighted by atomic mass is 32.2. The minimum absolute atomic E-state index is 0.144. The first kappa shape index (κ1) is 24.6. The number of hydrogen-bond donors (Lipinski definition) is 2. The van der Waals surface area contributed by atoms with Crippen molar-refractivity contribution in [1.29, 1.82) is 0 Å². The average molecular weight is 531 g/mol. The van der Waals surface area contributed by atoms with Gasteiger partial charge in [-0.2, -0.15) is 0 Å². The Hall–Kier alpha value is -3.76. The van der Waals surface area contributed by atoms with Gasteiger partial charge in [-0.25, -0.2) is 18.2 Å². The van der Waals surface area contributed by atoms with Crippen LogP contribution in [0, 0.1) is 0 Å². The van der Waals surface area contributed by atoms with Crippen LogP contribution >= 0.6 is 0 Å². The van der Waals surface area contributed by atoms with Gasteiger partial charge in [-0.3, -0.25) is 9.88 Å². The smallest absolute Gasteiger partial charge is 0.322 e. The number of carbonyl (C=O) groups excluding carboxylic acids is 1. The molecule has 0 aliphatic carbocycles. The molecule has 6 rings (SSSR count). The summed E-state index contributed by atoms with van der Waals surface area (Å²) >= 11 is 0. The van der Waals surface area contributed by atoms with E-state index in [1.165, 1.54) is 11.8 Å². The molecule has 5 heterocycles. The Labute approximate surface area is 221 Å². The number of piperidine rings is 1. The van der Waals surface area contributed by atoms with Gasteiger partial charge in [0.1, 0.15) is 15.5 Å². The van der Waals surface area contributed by atoms with E-state index in [9.17, 15) is 13.2 Å². The molecule has 0 spiro atoms. The van der Waals surface area contributed by atoms with Crippen molar-refractivity contribution in [1.82, 2.24) is 24.8 Å². The summed E-state index contributed by atoms with van der Waals surface area (Å²) in [5, 5.41) is 3.76. The standard InChI is InChI=1S/C28H30N6O3S/c1-38(36,37)22-8-11-33(12-9-22)16-19-4-6-21(7-5-19)25-13-23-24-18-34(17-20-3-2-10-29-14-20)28(35)32-26(24)15-30-27(23)31-25/h2-7,10,13-15,22H,8-9,11-12,16-18H2,1H3,(H,30,31)(H,32,35). The molecule has 2 N–H and O–H groups in total. The minimum Gasteiger partial charge on any atom is -0.339 e. The number of anilines is 1. The van der Waals surface area contributed by atoms with Crippen LogP contribution in [0.1, 0.15) is 29.5 Å². The fraction of sp³-hybridized carbons (Fsp3) is 0.321. The summed E-state index contributed by atoms with van der Waals surface area (Å²) in [5.74, 6) is 0. The molecule has 9 nitrogen and oxygen atoms in total. The van der Waals surface area contributed by atoms with Crippen LogP contribution in [-0.2, 0) is 29.5 Å². The fourth-order valence-electron chi connectivity index (χ4n) is 5.40. The second-order valence-corrected chi connectivity index (χ2v) is 12.6. The lowest BCUT2D eigenvalue weighted by Crippen LogP contribution is -2.38. The molecule has 2 amide bonds. The highest BCUT2D eigenvalue weighted by Gasteiger charge is 2.27. The molecule has 4 aromatic rings. The molecule has 0 saturated carbocycles. The lowest BCUT2D eigenvalue weighted by atomic mass is 10.1. The van der Waals surface area contributed by atoms with E-state index >= 15 is 0 Å². The number of aromatic nitrogens is 3. The Morgan fingerprint density at radius 3 is 2.53 bits per heavy atom. The molecule has 1 fully saturated rings. The van der Waals surface area contributed by atoms with Gasteiger partial charge in [0.15, 0.2) is 0 Å². The van der Waals surface area contributed by atoms with Crippen LogP contribution in [-0.4, -0.2) is 63.8 Å². The summed E-state index contributed by atoms with van der Waals surface area (Å²) < 4.78 is 23.6. The summed E-state index contributed by atoms with van der Waals surface area (Å²) in [4.78, 5) is 28.9. The number of benzene rings is 1. The Morgan fingerprint density at radius 2 is 1.82 bits per heavy atom. The van der Waals surface area contributed by atoms with Crippen molar-refractivity contribution in [2.45, 2.75) is 37.7 Å². The number of nitrogens with one attached hydrogen (secondary N) is 2. The summed E-state index contributed by atoms with van der Waals surface area (Å²) in [6.45, 7) is 3.37. The zero-order chi connectivity index (χ0) is 26.3. The summed E-state index contributed by atoms with van der Waals surface area (Å²) in [6.07, 6.45) is 7.96. The SMILES string of the molecule is CS(=O)(=O)C1CCN(Cc2ccc(-c3cc4c5c(cnc4[nH]3)NC(=O)N(Cc3cccnc3)C5)cc2)CC1. The predicted molar refractivity (Wildman–Crippen MR) is 147 cm³/mol. The lowest BCUT2D eigenvalue weighted by molar-refractivity contribution is 0.204. The number of sulfone groups is 1. The second-order valence-electron chi connectivity index (χ2n) is 10.2. The molecular weight excluding hydrogens is 500 g/mol. The molecule has 1 aromatic carbocycles. The van der Waals surface area contributed by atoms with E-state index in [0.717, 1.165) is 58.7 Å². The second kappa shape index (κ2) is 9.85. The largest absolute Gasteiger partial charge is 0.339 e. The lowest BCUT2D eigenvalue weighted by Gasteiger charge is -2.31. The van der Waals surface area contributed by atoms with E-state index in [0.29, 0.717) is 25.9 Å². The first-order valence-electron chi connectivity index (χ1n) is 12.8. The van der Waals surface area contributed by atoms with Gasteiger partial charge in [0.25, 0.3) is 0 Å². The van der Waals surface area contributed by atoms with Gasteiger partial charge in [-0.05, 0) is 54.8 Å². The number of carbonyl (C=O) groups is 1. The van der Waals surface area contributed by atoms with Crippen molar-refractivity contribution < 1.29 is 13.2 Å². The summed E-state index contributed by atoms with van der Waals surface area (Å²) in [7, 11) is -2.96. The molecule has 2 aliphatic heterocycles. The van der Waals surface area contributed by atoms with Gasteiger partial charge in [0, 0.05) is 48.4 Å². The highest BCUT2D eigenvalue weighted by Crippen LogP contribution is 2.33. The van der Waals surface area contributed by atoms with Gasteiger partial charge in [-0.15, -0.1) is 0 Å². The normalized spacial score (nSPS) is 17.0. The molecule has 0 atom stereocenters. The quantitative estimate of drug-likeness (QED) is 0.387. The fourth-order valence-corrected chi connectivity index (χ4v) is 6.47. The Balaban J connectivity index is 1.18. The van der Waals surface area contributed by atoms with Gasteiger partial charge >= 0.3 is 6.03 Å². The first-order chi connectivity index (χ1) is 18.3. The number of rotatable bonds is 6. The van der Waals surface area contributed by atoms with Gasteiger partial charge in [-0.1, -0.05) is 30.3 Å².